The van der Waals surface area contributed by atoms with Gasteiger partial charge in [-0.3, -0.25) is 0 Å². The van der Waals surface area contributed by atoms with Crippen LogP contribution in [0.15, 0.2) is 30.5 Å². The summed E-state index contributed by atoms with van der Waals surface area (Å²) >= 11 is 0. The molecule has 0 saturated heterocycles. The molecule has 0 spiro atoms. The first-order valence-corrected chi connectivity index (χ1v) is 6.24. The molecule has 1 heterocycles. The van der Waals surface area contributed by atoms with Gasteiger partial charge in [0.25, 0.3) is 0 Å². The first kappa shape index (κ1) is 13.3. The van der Waals surface area contributed by atoms with Crippen LogP contribution in [-0.4, -0.2) is 9.97 Å². The lowest BCUT2D eigenvalue weighted by Crippen LogP contribution is -2.12. The molecule has 0 radical (unpaired) electrons. The molecule has 0 amide bonds. The van der Waals surface area contributed by atoms with E-state index >= 15 is 0 Å². The fraction of sp³-hybridized carbons (Fsp3) is 0.333. The molecular weight excluding hydrogens is 238 g/mol. The Balaban J connectivity index is 2.41. The Morgan fingerprint density at radius 1 is 1.16 bits per heavy atom. The van der Waals surface area contributed by atoms with E-state index in [-0.39, 0.29) is 11.4 Å². The Morgan fingerprint density at radius 2 is 1.89 bits per heavy atom. The van der Waals surface area contributed by atoms with Crippen molar-refractivity contribution in [2.75, 3.05) is 5.73 Å². The Bertz CT molecular complexity index is 588. The summed E-state index contributed by atoms with van der Waals surface area (Å²) in [5, 5.41) is 0. The summed E-state index contributed by atoms with van der Waals surface area (Å²) in [4.78, 5) is 7.92. The Kier molecular flexibility index (Phi) is 3.42. The number of nitrogens with zero attached hydrogens (tertiary/aromatic N) is 2. The van der Waals surface area contributed by atoms with Crippen LogP contribution in [0, 0.1) is 6.92 Å². The number of hydrogen-bond acceptors (Lipinski definition) is 4. The van der Waals surface area contributed by atoms with Crippen LogP contribution in [0.5, 0.6) is 11.6 Å². The van der Waals surface area contributed by atoms with Gasteiger partial charge < -0.3 is 10.5 Å². The van der Waals surface area contributed by atoms with Crippen LogP contribution in [0.1, 0.15) is 31.9 Å². The normalized spacial score (nSPS) is 11.4. The van der Waals surface area contributed by atoms with Crippen molar-refractivity contribution in [2.24, 2.45) is 0 Å². The molecule has 0 saturated carbocycles. The molecule has 0 aliphatic rings. The van der Waals surface area contributed by atoms with Gasteiger partial charge in [-0.25, -0.2) is 4.98 Å². The summed E-state index contributed by atoms with van der Waals surface area (Å²) in [5.74, 6) is 1.48. The number of ether oxygens (including phenoxy) is 1. The monoisotopic (exact) mass is 257 g/mol. The number of nitrogens with two attached hydrogens (primary N) is 1. The third kappa shape index (κ3) is 3.22. The van der Waals surface area contributed by atoms with E-state index in [1.807, 2.05) is 13.0 Å². The molecule has 0 atom stereocenters. The van der Waals surface area contributed by atoms with Crippen molar-refractivity contribution in [3.05, 3.63) is 41.6 Å². The molecule has 1 aromatic carbocycles. The lowest BCUT2D eigenvalue weighted by molar-refractivity contribution is 0.439. The van der Waals surface area contributed by atoms with Crippen LogP contribution in [0.25, 0.3) is 0 Å². The maximum Gasteiger partial charge on any atom is 0.224 e. The van der Waals surface area contributed by atoms with Crippen molar-refractivity contribution < 1.29 is 4.74 Å². The summed E-state index contributed by atoms with van der Waals surface area (Å²) in [6, 6.07) is 7.89. The van der Waals surface area contributed by atoms with E-state index in [1.165, 1.54) is 0 Å². The standard InChI is InChI=1S/C15H19N3O/c1-10-5-6-11(15(2,3)4)12(9-10)19-13-7-8-17-14(16)18-13/h5-9H,1-4H3,(H2,16,17,18). The van der Waals surface area contributed by atoms with E-state index in [2.05, 4.69) is 42.9 Å². The third-order valence-electron chi connectivity index (χ3n) is 2.81. The highest BCUT2D eigenvalue weighted by atomic mass is 16.5. The molecule has 0 aliphatic heterocycles. The Hall–Kier alpha value is -2.10. The summed E-state index contributed by atoms with van der Waals surface area (Å²) in [6.45, 7) is 8.49. The van der Waals surface area contributed by atoms with Crippen LogP contribution in [0.3, 0.4) is 0 Å². The number of aromatic nitrogens is 2. The second-order valence-corrected chi connectivity index (χ2v) is 5.60. The smallest absolute Gasteiger partial charge is 0.224 e. The molecule has 2 rings (SSSR count). The van der Waals surface area contributed by atoms with Crippen LogP contribution in [0.4, 0.5) is 5.95 Å². The highest BCUT2D eigenvalue weighted by Crippen LogP contribution is 2.34. The van der Waals surface area contributed by atoms with Gasteiger partial charge in [-0.15, -0.1) is 0 Å². The van der Waals surface area contributed by atoms with E-state index in [9.17, 15) is 0 Å². The first-order valence-electron chi connectivity index (χ1n) is 6.24. The fourth-order valence-corrected chi connectivity index (χ4v) is 1.86. The topological polar surface area (TPSA) is 61.0 Å². The minimum atomic E-state index is 0.00160. The van der Waals surface area contributed by atoms with Gasteiger partial charge in [-0.05, 0) is 24.0 Å². The van der Waals surface area contributed by atoms with Gasteiger partial charge in [-0.2, -0.15) is 4.98 Å². The van der Waals surface area contributed by atoms with Gasteiger partial charge in [0.05, 0.1) is 0 Å². The minimum Gasteiger partial charge on any atom is -0.439 e. The number of hydrogen-bond donors (Lipinski definition) is 1. The van der Waals surface area contributed by atoms with E-state index in [4.69, 9.17) is 10.5 Å². The van der Waals surface area contributed by atoms with Gasteiger partial charge >= 0.3 is 0 Å². The molecule has 0 aliphatic carbocycles. The molecular formula is C15H19N3O. The predicted octanol–water partition coefficient (Wildman–Crippen LogP) is 3.46. The summed E-state index contributed by atoms with van der Waals surface area (Å²) < 4.78 is 5.87. The fourth-order valence-electron chi connectivity index (χ4n) is 1.86. The molecule has 1 aromatic heterocycles. The largest absolute Gasteiger partial charge is 0.439 e. The number of benzene rings is 1. The summed E-state index contributed by atoms with van der Waals surface area (Å²) in [6.07, 6.45) is 1.59. The highest BCUT2D eigenvalue weighted by molar-refractivity contribution is 5.43. The van der Waals surface area contributed by atoms with Crippen molar-refractivity contribution in [1.29, 1.82) is 0 Å². The van der Waals surface area contributed by atoms with Crippen LogP contribution >= 0.6 is 0 Å². The number of nitrogen functional groups attached to an aromatic ring is 1. The lowest BCUT2D eigenvalue weighted by atomic mass is 9.86. The van der Waals surface area contributed by atoms with Crippen LogP contribution < -0.4 is 10.5 Å². The predicted molar refractivity (Wildman–Crippen MR) is 76.4 cm³/mol. The number of anilines is 1. The highest BCUT2D eigenvalue weighted by Gasteiger charge is 2.19. The molecule has 19 heavy (non-hydrogen) atoms. The van der Waals surface area contributed by atoms with Crippen molar-refractivity contribution in [2.45, 2.75) is 33.1 Å². The quantitative estimate of drug-likeness (QED) is 0.895. The lowest BCUT2D eigenvalue weighted by Gasteiger charge is -2.22. The average molecular weight is 257 g/mol. The molecule has 4 nitrogen and oxygen atoms in total. The zero-order valence-electron chi connectivity index (χ0n) is 11.8. The third-order valence-corrected chi connectivity index (χ3v) is 2.81. The maximum atomic E-state index is 5.87. The average Bonchev–Trinajstić information content (AvgIpc) is 2.27. The Morgan fingerprint density at radius 3 is 2.53 bits per heavy atom. The van der Waals surface area contributed by atoms with Gasteiger partial charge in [0, 0.05) is 17.8 Å². The zero-order chi connectivity index (χ0) is 14.0. The van der Waals surface area contributed by atoms with Gasteiger partial charge in [-0.1, -0.05) is 32.9 Å². The van der Waals surface area contributed by atoms with Gasteiger partial charge in [0.15, 0.2) is 0 Å². The molecule has 0 fully saturated rings. The van der Waals surface area contributed by atoms with Gasteiger partial charge in [0.1, 0.15) is 5.75 Å². The van der Waals surface area contributed by atoms with E-state index < -0.39 is 0 Å². The molecule has 2 aromatic rings. The zero-order valence-corrected chi connectivity index (χ0v) is 11.8. The minimum absolute atomic E-state index is 0.00160. The molecule has 2 N–H and O–H groups in total. The van der Waals surface area contributed by atoms with Gasteiger partial charge in [0.2, 0.25) is 11.8 Å². The van der Waals surface area contributed by atoms with Crippen molar-refractivity contribution in [3.8, 4) is 11.6 Å². The molecule has 0 bridgehead atoms. The summed E-state index contributed by atoms with van der Waals surface area (Å²) in [5.41, 5.74) is 7.84. The first-order chi connectivity index (χ1) is 8.86. The SMILES string of the molecule is Cc1ccc(C(C)(C)C)c(Oc2ccnc(N)n2)c1. The number of rotatable bonds is 2. The summed E-state index contributed by atoms with van der Waals surface area (Å²) in [7, 11) is 0. The second kappa shape index (κ2) is 4.88. The van der Waals surface area contributed by atoms with E-state index in [0.29, 0.717) is 5.88 Å². The van der Waals surface area contributed by atoms with Crippen LogP contribution in [0.2, 0.25) is 0 Å². The maximum absolute atomic E-state index is 5.87. The number of aryl methyl sites for hydroxylation is 1. The second-order valence-electron chi connectivity index (χ2n) is 5.60. The molecule has 4 heteroatoms. The molecule has 0 unspecified atom stereocenters. The van der Waals surface area contributed by atoms with E-state index in [0.717, 1.165) is 16.9 Å². The van der Waals surface area contributed by atoms with Crippen LogP contribution in [-0.2, 0) is 5.41 Å². The van der Waals surface area contributed by atoms with E-state index in [1.54, 1.807) is 12.3 Å². The van der Waals surface area contributed by atoms with Crippen molar-refractivity contribution >= 4 is 5.95 Å². The molecule has 100 valence electrons. The van der Waals surface area contributed by atoms with Crippen molar-refractivity contribution in [1.82, 2.24) is 9.97 Å². The Labute approximate surface area is 113 Å². The van der Waals surface area contributed by atoms with Crippen molar-refractivity contribution in [3.63, 3.8) is 0 Å².